The van der Waals surface area contributed by atoms with Gasteiger partial charge in [0.25, 0.3) is 0 Å². The first-order valence-corrected chi connectivity index (χ1v) is 3.60. The van der Waals surface area contributed by atoms with Crippen LogP contribution in [0.3, 0.4) is 0 Å². The average Bonchev–Trinajstić information content (AvgIpc) is 2.36. The second-order valence-electron chi connectivity index (χ2n) is 2.98. The van der Waals surface area contributed by atoms with Gasteiger partial charge in [-0.3, -0.25) is 0 Å². The Morgan fingerprint density at radius 2 is 2.45 bits per heavy atom. The molecule has 11 heavy (non-hydrogen) atoms. The molecular formula is C7H13NO3. The Bertz CT molecular complexity index is 152. The highest BCUT2D eigenvalue weighted by Gasteiger charge is 2.31. The summed E-state index contributed by atoms with van der Waals surface area (Å²) in [5.74, 6) is 0. The van der Waals surface area contributed by atoms with E-state index in [9.17, 15) is 4.79 Å². The minimum absolute atomic E-state index is 0.229. The molecule has 0 aromatic rings. The first kappa shape index (κ1) is 8.33. The SMILES string of the molecule is COC(=O)NC1(C)CCOC1. The maximum absolute atomic E-state index is 10.8. The summed E-state index contributed by atoms with van der Waals surface area (Å²) in [7, 11) is 1.36. The maximum Gasteiger partial charge on any atom is 0.407 e. The predicted octanol–water partition coefficient (Wildman–Crippen LogP) is 0.521. The second-order valence-corrected chi connectivity index (χ2v) is 2.98. The second kappa shape index (κ2) is 3.09. The van der Waals surface area contributed by atoms with Gasteiger partial charge in [-0.25, -0.2) is 4.79 Å². The van der Waals surface area contributed by atoms with Crippen molar-refractivity contribution < 1.29 is 14.3 Å². The zero-order valence-corrected chi connectivity index (χ0v) is 6.85. The zero-order chi connectivity index (χ0) is 8.32. The Labute approximate surface area is 65.9 Å². The van der Waals surface area contributed by atoms with Crippen molar-refractivity contribution in [2.24, 2.45) is 0 Å². The Morgan fingerprint density at radius 1 is 1.73 bits per heavy atom. The fourth-order valence-electron chi connectivity index (χ4n) is 1.06. The lowest BCUT2D eigenvalue weighted by Crippen LogP contribution is -2.46. The predicted molar refractivity (Wildman–Crippen MR) is 39.4 cm³/mol. The molecule has 1 aliphatic rings. The van der Waals surface area contributed by atoms with Crippen LogP contribution in [0.2, 0.25) is 0 Å². The molecule has 1 unspecified atom stereocenters. The fraction of sp³-hybridized carbons (Fsp3) is 0.857. The lowest BCUT2D eigenvalue weighted by atomic mass is 10.0. The number of carbonyl (C=O) groups is 1. The Hall–Kier alpha value is -0.770. The van der Waals surface area contributed by atoms with Crippen LogP contribution < -0.4 is 5.32 Å². The number of ether oxygens (including phenoxy) is 2. The van der Waals surface area contributed by atoms with Gasteiger partial charge in [-0.2, -0.15) is 0 Å². The third-order valence-corrected chi connectivity index (χ3v) is 1.81. The summed E-state index contributed by atoms with van der Waals surface area (Å²) in [5.41, 5.74) is -0.229. The number of alkyl carbamates (subject to hydrolysis) is 1. The maximum atomic E-state index is 10.8. The van der Waals surface area contributed by atoms with E-state index in [-0.39, 0.29) is 5.54 Å². The molecule has 1 N–H and O–H groups in total. The van der Waals surface area contributed by atoms with Crippen molar-refractivity contribution in [3.05, 3.63) is 0 Å². The van der Waals surface area contributed by atoms with Crippen LogP contribution in [-0.2, 0) is 9.47 Å². The molecule has 0 aromatic heterocycles. The van der Waals surface area contributed by atoms with Gasteiger partial charge in [0.2, 0.25) is 0 Å². The van der Waals surface area contributed by atoms with Gasteiger partial charge in [0.15, 0.2) is 0 Å². The Balaban J connectivity index is 2.39. The third-order valence-electron chi connectivity index (χ3n) is 1.81. The minimum Gasteiger partial charge on any atom is -0.453 e. The van der Waals surface area contributed by atoms with Gasteiger partial charge in [0, 0.05) is 6.61 Å². The van der Waals surface area contributed by atoms with Gasteiger partial charge in [-0.1, -0.05) is 0 Å². The van der Waals surface area contributed by atoms with Crippen LogP contribution in [0.1, 0.15) is 13.3 Å². The van der Waals surface area contributed by atoms with Crippen LogP contribution in [0.15, 0.2) is 0 Å². The molecular weight excluding hydrogens is 146 g/mol. The molecule has 0 spiro atoms. The van der Waals surface area contributed by atoms with E-state index >= 15 is 0 Å². The molecule has 1 amide bonds. The van der Waals surface area contributed by atoms with Gasteiger partial charge in [0.05, 0.1) is 19.3 Å². The first-order chi connectivity index (χ1) is 5.16. The standard InChI is InChI=1S/C7H13NO3/c1-7(3-4-11-5-7)8-6(9)10-2/h3-5H2,1-2H3,(H,8,9). The van der Waals surface area contributed by atoms with E-state index in [0.29, 0.717) is 13.2 Å². The summed E-state index contributed by atoms with van der Waals surface area (Å²) in [6.45, 7) is 3.22. The van der Waals surface area contributed by atoms with E-state index in [1.807, 2.05) is 6.92 Å². The van der Waals surface area contributed by atoms with Crippen LogP contribution in [0.4, 0.5) is 4.79 Å². The molecule has 0 saturated carbocycles. The summed E-state index contributed by atoms with van der Waals surface area (Å²) in [4.78, 5) is 10.8. The van der Waals surface area contributed by atoms with E-state index < -0.39 is 6.09 Å². The normalized spacial score (nSPS) is 30.0. The highest BCUT2D eigenvalue weighted by atomic mass is 16.5. The quantitative estimate of drug-likeness (QED) is 0.606. The van der Waals surface area contributed by atoms with Crippen molar-refractivity contribution in [1.82, 2.24) is 5.32 Å². The van der Waals surface area contributed by atoms with Gasteiger partial charge in [0.1, 0.15) is 0 Å². The molecule has 0 aliphatic carbocycles. The molecule has 4 heteroatoms. The number of nitrogens with one attached hydrogen (secondary N) is 1. The first-order valence-electron chi connectivity index (χ1n) is 3.60. The highest BCUT2D eigenvalue weighted by molar-refractivity contribution is 5.68. The number of hydrogen-bond donors (Lipinski definition) is 1. The average molecular weight is 159 g/mol. The fourth-order valence-corrected chi connectivity index (χ4v) is 1.06. The Morgan fingerprint density at radius 3 is 2.91 bits per heavy atom. The van der Waals surface area contributed by atoms with Crippen molar-refractivity contribution in [3.63, 3.8) is 0 Å². The van der Waals surface area contributed by atoms with Gasteiger partial charge >= 0.3 is 6.09 Å². The minimum atomic E-state index is -0.391. The van der Waals surface area contributed by atoms with Crippen LogP contribution in [0, 0.1) is 0 Å². The molecule has 0 bridgehead atoms. The number of amides is 1. The van der Waals surface area contributed by atoms with Crippen molar-refractivity contribution in [2.75, 3.05) is 20.3 Å². The van der Waals surface area contributed by atoms with E-state index in [2.05, 4.69) is 10.1 Å². The van der Waals surface area contributed by atoms with Crippen molar-refractivity contribution >= 4 is 6.09 Å². The summed E-state index contributed by atoms with van der Waals surface area (Å²) in [6.07, 6.45) is 0.459. The van der Waals surface area contributed by atoms with Crippen molar-refractivity contribution in [1.29, 1.82) is 0 Å². The van der Waals surface area contributed by atoms with Crippen LogP contribution in [0.25, 0.3) is 0 Å². The van der Waals surface area contributed by atoms with Crippen molar-refractivity contribution in [2.45, 2.75) is 18.9 Å². The summed E-state index contributed by atoms with van der Waals surface area (Å²) < 4.78 is 9.61. The van der Waals surface area contributed by atoms with Crippen LogP contribution >= 0.6 is 0 Å². The molecule has 1 atom stereocenters. The van der Waals surface area contributed by atoms with Crippen LogP contribution in [0.5, 0.6) is 0 Å². The highest BCUT2D eigenvalue weighted by Crippen LogP contribution is 2.17. The molecule has 1 fully saturated rings. The molecule has 4 nitrogen and oxygen atoms in total. The lowest BCUT2D eigenvalue weighted by molar-refractivity contribution is 0.143. The van der Waals surface area contributed by atoms with E-state index in [4.69, 9.17) is 4.74 Å². The summed E-state index contributed by atoms with van der Waals surface area (Å²) in [5, 5.41) is 2.72. The number of hydrogen-bond acceptors (Lipinski definition) is 3. The molecule has 1 aliphatic heterocycles. The van der Waals surface area contributed by atoms with E-state index in [1.54, 1.807) is 0 Å². The third kappa shape index (κ3) is 2.08. The molecule has 1 rings (SSSR count). The molecule has 64 valence electrons. The van der Waals surface area contributed by atoms with E-state index in [0.717, 1.165) is 6.42 Å². The number of carbonyl (C=O) groups excluding carboxylic acids is 1. The topological polar surface area (TPSA) is 47.6 Å². The molecule has 0 aromatic carbocycles. The summed E-state index contributed by atoms with van der Waals surface area (Å²) in [6, 6.07) is 0. The molecule has 1 saturated heterocycles. The molecule has 0 radical (unpaired) electrons. The lowest BCUT2D eigenvalue weighted by Gasteiger charge is -2.21. The van der Waals surface area contributed by atoms with E-state index in [1.165, 1.54) is 7.11 Å². The largest absolute Gasteiger partial charge is 0.453 e. The Kier molecular flexibility index (Phi) is 2.34. The molecule has 1 heterocycles. The monoisotopic (exact) mass is 159 g/mol. The number of rotatable bonds is 1. The van der Waals surface area contributed by atoms with Gasteiger partial charge in [-0.15, -0.1) is 0 Å². The van der Waals surface area contributed by atoms with Crippen molar-refractivity contribution in [3.8, 4) is 0 Å². The number of methoxy groups -OCH3 is 1. The zero-order valence-electron chi connectivity index (χ0n) is 6.85. The smallest absolute Gasteiger partial charge is 0.407 e. The summed E-state index contributed by atoms with van der Waals surface area (Å²) >= 11 is 0. The van der Waals surface area contributed by atoms with Gasteiger partial charge < -0.3 is 14.8 Å². The van der Waals surface area contributed by atoms with Crippen LogP contribution in [-0.4, -0.2) is 32.0 Å². The van der Waals surface area contributed by atoms with Gasteiger partial charge in [-0.05, 0) is 13.3 Å².